The molecule has 0 spiro atoms. The van der Waals surface area contributed by atoms with Crippen LogP contribution < -0.4 is 10.6 Å². The molecule has 2 amide bonds. The van der Waals surface area contributed by atoms with Gasteiger partial charge in [-0.1, -0.05) is 18.2 Å². The maximum Gasteiger partial charge on any atom is 0.313 e. The first-order valence-corrected chi connectivity index (χ1v) is 11.7. The largest absolute Gasteiger partial charge is 0.347 e. The Labute approximate surface area is 179 Å². The molecule has 0 bridgehead atoms. The number of thiophene rings is 1. The Bertz CT molecular complexity index is 1150. The summed E-state index contributed by atoms with van der Waals surface area (Å²) in [7, 11) is 0. The van der Waals surface area contributed by atoms with Gasteiger partial charge < -0.3 is 10.6 Å². The fraction of sp³-hybridized carbons (Fsp3) is 0.158. The van der Waals surface area contributed by atoms with Crippen LogP contribution in [0.15, 0.2) is 52.1 Å². The fourth-order valence-corrected chi connectivity index (χ4v) is 4.78. The first kappa shape index (κ1) is 19.6. The molecule has 10 heteroatoms. The van der Waals surface area contributed by atoms with Crippen LogP contribution in [0.1, 0.15) is 5.69 Å². The molecule has 7 nitrogen and oxygen atoms in total. The number of para-hydroxylation sites is 1. The van der Waals surface area contributed by atoms with Gasteiger partial charge in [0, 0.05) is 23.2 Å². The van der Waals surface area contributed by atoms with Gasteiger partial charge in [0.15, 0.2) is 5.82 Å². The van der Waals surface area contributed by atoms with E-state index in [1.807, 2.05) is 47.3 Å². The Morgan fingerprint density at radius 3 is 2.79 bits per heavy atom. The summed E-state index contributed by atoms with van der Waals surface area (Å²) in [5.74, 6) is -0.642. The van der Waals surface area contributed by atoms with Gasteiger partial charge in [-0.3, -0.25) is 9.59 Å². The molecule has 0 saturated heterocycles. The van der Waals surface area contributed by atoms with E-state index in [4.69, 9.17) is 0 Å². The summed E-state index contributed by atoms with van der Waals surface area (Å²) in [6.45, 7) is 0.330. The Morgan fingerprint density at radius 1 is 1.14 bits per heavy atom. The minimum absolute atomic E-state index is 0.330. The molecule has 1 aromatic carbocycles. The van der Waals surface area contributed by atoms with Crippen molar-refractivity contribution in [3.8, 4) is 10.7 Å². The van der Waals surface area contributed by atoms with Crippen molar-refractivity contribution >= 4 is 56.9 Å². The van der Waals surface area contributed by atoms with Crippen LogP contribution >= 0.6 is 34.4 Å². The monoisotopic (exact) mass is 443 g/mol. The highest BCUT2D eigenvalue weighted by Crippen LogP contribution is 2.25. The van der Waals surface area contributed by atoms with Crippen LogP contribution in [0.5, 0.6) is 0 Å². The zero-order valence-electron chi connectivity index (χ0n) is 15.4. The number of fused-ring (bicyclic) bond motifs is 1. The van der Waals surface area contributed by atoms with Gasteiger partial charge in [-0.05, 0) is 29.8 Å². The highest BCUT2D eigenvalue weighted by atomic mass is 32.2. The summed E-state index contributed by atoms with van der Waals surface area (Å²) in [5.41, 5.74) is 1.57. The predicted molar refractivity (Wildman–Crippen MR) is 118 cm³/mol. The van der Waals surface area contributed by atoms with Crippen LogP contribution in [0.2, 0.25) is 0 Å². The zero-order chi connectivity index (χ0) is 20.2. The topological polar surface area (TPSA) is 88.4 Å². The van der Waals surface area contributed by atoms with Crippen molar-refractivity contribution in [3.63, 3.8) is 0 Å². The third-order valence-electron chi connectivity index (χ3n) is 4.12. The van der Waals surface area contributed by atoms with Crippen molar-refractivity contribution in [2.24, 2.45) is 0 Å². The molecule has 0 fully saturated rings. The summed E-state index contributed by atoms with van der Waals surface area (Å²) in [5, 5.41) is 13.8. The molecule has 0 aliphatic rings. The normalized spacial score (nSPS) is 10.9. The number of carbonyl (C=O) groups excluding carboxylic acids is 2. The maximum atomic E-state index is 12.2. The van der Waals surface area contributed by atoms with Crippen LogP contribution in [0.3, 0.4) is 0 Å². The Hall–Kier alpha value is -2.69. The second-order valence-electron chi connectivity index (χ2n) is 5.99. The molecule has 0 radical (unpaired) electrons. The van der Waals surface area contributed by atoms with E-state index >= 15 is 0 Å². The molecular weight excluding hydrogens is 426 g/mol. The van der Waals surface area contributed by atoms with E-state index in [1.165, 1.54) is 23.1 Å². The minimum Gasteiger partial charge on any atom is -0.347 e. The van der Waals surface area contributed by atoms with Gasteiger partial charge in [-0.15, -0.1) is 39.5 Å². The molecule has 0 atom stereocenters. The number of amides is 2. The van der Waals surface area contributed by atoms with Crippen molar-refractivity contribution in [3.05, 3.63) is 52.9 Å². The smallest absolute Gasteiger partial charge is 0.313 e. The SMILES string of the molecule is CSc1ccccc1NC(=O)C(=O)NCCc1csc2nc(-c3cccs3)nn12. The van der Waals surface area contributed by atoms with E-state index in [-0.39, 0.29) is 0 Å². The van der Waals surface area contributed by atoms with Crippen molar-refractivity contribution in [1.82, 2.24) is 19.9 Å². The predicted octanol–water partition coefficient (Wildman–Crippen LogP) is 3.54. The molecule has 148 valence electrons. The highest BCUT2D eigenvalue weighted by Gasteiger charge is 2.16. The number of hydrogen-bond donors (Lipinski definition) is 2. The van der Waals surface area contributed by atoms with Crippen molar-refractivity contribution < 1.29 is 9.59 Å². The number of anilines is 1. The van der Waals surface area contributed by atoms with Gasteiger partial charge in [-0.2, -0.15) is 4.98 Å². The number of nitrogens with zero attached hydrogens (tertiary/aromatic N) is 3. The van der Waals surface area contributed by atoms with Crippen molar-refractivity contribution in [2.75, 3.05) is 18.1 Å². The van der Waals surface area contributed by atoms with E-state index in [2.05, 4.69) is 20.7 Å². The molecule has 0 aliphatic heterocycles. The lowest BCUT2D eigenvalue weighted by atomic mass is 10.3. The zero-order valence-corrected chi connectivity index (χ0v) is 17.9. The molecule has 4 aromatic rings. The van der Waals surface area contributed by atoms with Crippen LogP contribution in [-0.2, 0) is 16.0 Å². The number of hydrogen-bond acceptors (Lipinski definition) is 7. The number of carbonyl (C=O) groups is 2. The van der Waals surface area contributed by atoms with E-state index in [0.29, 0.717) is 24.5 Å². The summed E-state index contributed by atoms with van der Waals surface area (Å²) in [4.78, 5) is 31.6. The molecule has 2 N–H and O–H groups in total. The molecule has 3 heterocycles. The maximum absolute atomic E-state index is 12.2. The lowest BCUT2D eigenvalue weighted by Gasteiger charge is -2.09. The fourth-order valence-electron chi connectivity index (χ4n) is 2.72. The van der Waals surface area contributed by atoms with Gasteiger partial charge >= 0.3 is 11.8 Å². The van der Waals surface area contributed by atoms with Gasteiger partial charge in [0.2, 0.25) is 4.96 Å². The van der Waals surface area contributed by atoms with Gasteiger partial charge in [0.05, 0.1) is 16.3 Å². The number of rotatable bonds is 6. The highest BCUT2D eigenvalue weighted by molar-refractivity contribution is 7.98. The Balaban J connectivity index is 1.35. The molecule has 29 heavy (non-hydrogen) atoms. The van der Waals surface area contributed by atoms with E-state index in [0.717, 1.165) is 20.4 Å². The standard InChI is InChI=1S/C19H17N5O2S3/c1-27-14-6-3-2-5-13(14)21-18(26)17(25)20-9-8-12-11-29-19-22-16(23-24(12)19)15-7-4-10-28-15/h2-7,10-11H,8-9H2,1H3,(H,20,25)(H,21,26). The molecule has 0 aliphatic carbocycles. The lowest BCUT2D eigenvalue weighted by Crippen LogP contribution is -2.36. The first-order chi connectivity index (χ1) is 14.2. The van der Waals surface area contributed by atoms with E-state index in [9.17, 15) is 9.59 Å². The lowest BCUT2D eigenvalue weighted by molar-refractivity contribution is -0.136. The number of thioether (sulfide) groups is 1. The average molecular weight is 444 g/mol. The summed E-state index contributed by atoms with van der Waals surface area (Å²) >= 11 is 4.60. The van der Waals surface area contributed by atoms with Crippen molar-refractivity contribution in [2.45, 2.75) is 11.3 Å². The van der Waals surface area contributed by atoms with Crippen LogP contribution in [0.4, 0.5) is 5.69 Å². The van der Waals surface area contributed by atoms with Gasteiger partial charge in [0.1, 0.15) is 0 Å². The molecule has 3 aromatic heterocycles. The second-order valence-corrected chi connectivity index (χ2v) is 8.63. The summed E-state index contributed by atoms with van der Waals surface area (Å²) < 4.78 is 1.79. The first-order valence-electron chi connectivity index (χ1n) is 8.75. The van der Waals surface area contributed by atoms with Gasteiger partial charge in [0.25, 0.3) is 0 Å². The Kier molecular flexibility index (Phi) is 5.93. The average Bonchev–Trinajstić information content (AvgIpc) is 3.46. The summed E-state index contributed by atoms with van der Waals surface area (Å²) in [6, 6.07) is 11.3. The molecular formula is C19H17N5O2S3. The third-order valence-corrected chi connectivity index (χ3v) is 6.65. The van der Waals surface area contributed by atoms with Gasteiger partial charge in [-0.25, -0.2) is 4.52 Å². The van der Waals surface area contributed by atoms with Crippen LogP contribution in [0.25, 0.3) is 15.7 Å². The number of aromatic nitrogens is 3. The van der Waals surface area contributed by atoms with E-state index < -0.39 is 11.8 Å². The second kappa shape index (κ2) is 8.76. The minimum atomic E-state index is -0.678. The third kappa shape index (κ3) is 4.34. The number of benzene rings is 1. The molecule has 4 rings (SSSR count). The Morgan fingerprint density at radius 2 is 2.00 bits per heavy atom. The summed E-state index contributed by atoms with van der Waals surface area (Å²) in [6.07, 6.45) is 2.47. The van der Waals surface area contributed by atoms with Crippen LogP contribution in [0, 0.1) is 0 Å². The quantitative estimate of drug-likeness (QED) is 0.352. The number of nitrogens with one attached hydrogen (secondary N) is 2. The van der Waals surface area contributed by atoms with E-state index in [1.54, 1.807) is 21.9 Å². The molecule has 0 unspecified atom stereocenters. The van der Waals surface area contributed by atoms with Crippen LogP contribution in [-0.4, -0.2) is 39.2 Å². The number of thiazole rings is 1. The van der Waals surface area contributed by atoms with Crippen molar-refractivity contribution in [1.29, 1.82) is 0 Å². The molecule has 0 saturated carbocycles.